The Hall–Kier alpha value is -2.57. The molecule has 1 aromatic rings. The molecule has 1 aromatic carbocycles. The quantitative estimate of drug-likeness (QED) is 0.631. The van der Waals surface area contributed by atoms with Crippen molar-refractivity contribution in [2.75, 3.05) is 12.4 Å². The van der Waals surface area contributed by atoms with Gasteiger partial charge >= 0.3 is 0 Å². The van der Waals surface area contributed by atoms with Crippen molar-refractivity contribution >= 4 is 23.4 Å². The summed E-state index contributed by atoms with van der Waals surface area (Å²) in [5, 5.41) is 4.79. The fourth-order valence-corrected chi connectivity index (χ4v) is 3.03. The number of carbonyl (C=O) groups excluding carboxylic acids is 3. The van der Waals surface area contributed by atoms with Crippen molar-refractivity contribution in [2.24, 2.45) is 5.92 Å². The van der Waals surface area contributed by atoms with E-state index in [0.29, 0.717) is 17.2 Å². The number of imide groups is 1. The smallest absolute Gasteiger partial charge is 0.239 e. The van der Waals surface area contributed by atoms with Crippen LogP contribution in [0.15, 0.2) is 18.2 Å². The fourth-order valence-electron chi connectivity index (χ4n) is 3.03. The molecule has 0 radical (unpaired) electrons. The summed E-state index contributed by atoms with van der Waals surface area (Å²) in [5.74, 6) is -1.33. The van der Waals surface area contributed by atoms with Gasteiger partial charge in [-0.25, -0.2) is 0 Å². The van der Waals surface area contributed by atoms with Crippen LogP contribution in [-0.4, -0.2) is 30.9 Å². The average molecular weight is 332 g/mol. The number of nitrogens with one attached hydrogen (secondary N) is 2. The summed E-state index contributed by atoms with van der Waals surface area (Å²) in [6.07, 6.45) is 4.34. The lowest BCUT2D eigenvalue weighted by Gasteiger charge is -2.17. The summed E-state index contributed by atoms with van der Waals surface area (Å²) in [6, 6.07) is 5.07. The number of carbonyl (C=O) groups is 3. The molecule has 1 atom stereocenters. The van der Waals surface area contributed by atoms with Crippen LogP contribution in [0.3, 0.4) is 0 Å². The maximum Gasteiger partial charge on any atom is 0.239 e. The molecule has 2 aliphatic rings. The van der Waals surface area contributed by atoms with E-state index in [1.807, 2.05) is 0 Å². The molecule has 3 rings (SSSR count). The second-order valence-electron chi connectivity index (χ2n) is 6.05. The first kappa shape index (κ1) is 16.3. The van der Waals surface area contributed by atoms with Gasteiger partial charge in [0, 0.05) is 18.2 Å². The Morgan fingerprint density at radius 3 is 2.58 bits per heavy atom. The highest BCUT2D eigenvalue weighted by atomic mass is 16.5. The highest BCUT2D eigenvalue weighted by Crippen LogP contribution is 2.34. The van der Waals surface area contributed by atoms with E-state index in [0.717, 1.165) is 25.7 Å². The van der Waals surface area contributed by atoms with E-state index < -0.39 is 23.6 Å². The van der Waals surface area contributed by atoms with Gasteiger partial charge in [-0.1, -0.05) is 0 Å². The van der Waals surface area contributed by atoms with Crippen LogP contribution >= 0.6 is 0 Å². The molecule has 1 aliphatic heterocycles. The number of anilines is 1. The Labute approximate surface area is 139 Å². The van der Waals surface area contributed by atoms with Gasteiger partial charge in [0.2, 0.25) is 17.7 Å². The third kappa shape index (κ3) is 3.50. The molecule has 7 heteroatoms. The molecule has 24 heavy (non-hydrogen) atoms. The second-order valence-corrected chi connectivity index (χ2v) is 6.05. The summed E-state index contributed by atoms with van der Waals surface area (Å²) in [7, 11) is 1.56. The zero-order valence-electron chi connectivity index (χ0n) is 13.5. The lowest BCUT2D eigenvalue weighted by atomic mass is 10.1. The summed E-state index contributed by atoms with van der Waals surface area (Å²) < 4.78 is 11.3. The number of ether oxygens (including phenoxy) is 2. The number of hydrogen-bond acceptors (Lipinski definition) is 5. The van der Waals surface area contributed by atoms with E-state index in [9.17, 15) is 14.4 Å². The molecule has 2 fully saturated rings. The van der Waals surface area contributed by atoms with Crippen molar-refractivity contribution in [3.8, 4) is 11.5 Å². The van der Waals surface area contributed by atoms with Crippen molar-refractivity contribution in [1.82, 2.24) is 5.32 Å². The van der Waals surface area contributed by atoms with E-state index >= 15 is 0 Å². The van der Waals surface area contributed by atoms with Crippen molar-refractivity contribution in [3.05, 3.63) is 18.2 Å². The van der Waals surface area contributed by atoms with Crippen LogP contribution in [-0.2, 0) is 14.4 Å². The first-order valence-electron chi connectivity index (χ1n) is 8.06. The molecule has 1 saturated carbocycles. The normalized spacial score (nSPS) is 20.8. The molecule has 2 N–H and O–H groups in total. The van der Waals surface area contributed by atoms with Gasteiger partial charge in [0.05, 0.1) is 13.2 Å². The largest absolute Gasteiger partial charge is 0.493 e. The molecule has 0 bridgehead atoms. The third-order valence-corrected chi connectivity index (χ3v) is 4.31. The first-order chi connectivity index (χ1) is 11.6. The van der Waals surface area contributed by atoms with E-state index in [1.165, 1.54) is 0 Å². The SMILES string of the molecule is COc1ccc(NC(=O)[C@H]2CC(=O)NC2=O)cc1OC1CCCC1. The minimum absolute atomic E-state index is 0.119. The zero-order valence-corrected chi connectivity index (χ0v) is 13.5. The number of methoxy groups -OCH3 is 1. The van der Waals surface area contributed by atoms with Crippen LogP contribution in [0.5, 0.6) is 11.5 Å². The second kappa shape index (κ2) is 6.90. The van der Waals surface area contributed by atoms with Crippen LogP contribution in [0.2, 0.25) is 0 Å². The predicted octanol–water partition coefficient (Wildman–Crippen LogP) is 1.62. The Bertz CT molecular complexity index is 667. The summed E-state index contributed by atoms with van der Waals surface area (Å²) in [6.45, 7) is 0. The summed E-state index contributed by atoms with van der Waals surface area (Å²) >= 11 is 0. The molecular weight excluding hydrogens is 312 g/mol. The predicted molar refractivity (Wildman–Crippen MR) is 85.8 cm³/mol. The van der Waals surface area contributed by atoms with E-state index in [2.05, 4.69) is 10.6 Å². The zero-order chi connectivity index (χ0) is 17.1. The molecule has 0 unspecified atom stereocenters. The Morgan fingerprint density at radius 1 is 1.21 bits per heavy atom. The van der Waals surface area contributed by atoms with Gasteiger partial charge < -0.3 is 14.8 Å². The molecule has 3 amide bonds. The van der Waals surface area contributed by atoms with E-state index in [1.54, 1.807) is 25.3 Å². The lowest BCUT2D eigenvalue weighted by Crippen LogP contribution is -2.30. The maximum absolute atomic E-state index is 12.2. The van der Waals surface area contributed by atoms with Gasteiger partial charge in [-0.15, -0.1) is 0 Å². The molecule has 7 nitrogen and oxygen atoms in total. The van der Waals surface area contributed by atoms with Crippen molar-refractivity contribution in [1.29, 1.82) is 0 Å². The third-order valence-electron chi connectivity index (χ3n) is 4.31. The maximum atomic E-state index is 12.2. The van der Waals surface area contributed by atoms with Crippen molar-refractivity contribution in [3.63, 3.8) is 0 Å². The van der Waals surface area contributed by atoms with Crippen LogP contribution in [0.1, 0.15) is 32.1 Å². The van der Waals surface area contributed by atoms with Crippen LogP contribution in [0.25, 0.3) is 0 Å². The average Bonchev–Trinajstić information content (AvgIpc) is 3.17. The van der Waals surface area contributed by atoms with Crippen LogP contribution in [0.4, 0.5) is 5.69 Å². The first-order valence-corrected chi connectivity index (χ1v) is 8.06. The van der Waals surface area contributed by atoms with Gasteiger partial charge in [-0.2, -0.15) is 0 Å². The van der Waals surface area contributed by atoms with Crippen LogP contribution < -0.4 is 20.1 Å². The van der Waals surface area contributed by atoms with Gasteiger partial charge in [-0.3, -0.25) is 19.7 Å². The molecule has 1 aliphatic carbocycles. The standard InChI is InChI=1S/C17H20N2O5/c1-23-13-7-6-10(8-14(13)24-11-4-2-3-5-11)18-16(21)12-9-15(20)19-17(12)22/h6-8,11-12H,2-5,9H2,1H3,(H,18,21)(H,19,20,22)/t12-/m1/s1. The number of benzene rings is 1. The molecular formula is C17H20N2O5. The molecule has 128 valence electrons. The lowest BCUT2D eigenvalue weighted by molar-refractivity contribution is -0.130. The minimum atomic E-state index is -0.987. The van der Waals surface area contributed by atoms with Crippen LogP contribution in [0, 0.1) is 5.92 Å². The van der Waals surface area contributed by atoms with E-state index in [-0.39, 0.29) is 12.5 Å². The van der Waals surface area contributed by atoms with Crippen molar-refractivity contribution in [2.45, 2.75) is 38.2 Å². The highest BCUT2D eigenvalue weighted by molar-refractivity contribution is 6.16. The molecule has 1 heterocycles. The Morgan fingerprint density at radius 2 is 1.96 bits per heavy atom. The number of rotatable bonds is 5. The Kier molecular flexibility index (Phi) is 4.69. The van der Waals surface area contributed by atoms with Crippen molar-refractivity contribution < 1.29 is 23.9 Å². The molecule has 0 spiro atoms. The fraction of sp³-hybridized carbons (Fsp3) is 0.471. The highest BCUT2D eigenvalue weighted by Gasteiger charge is 2.36. The monoisotopic (exact) mass is 332 g/mol. The van der Waals surface area contributed by atoms with Gasteiger partial charge in [-0.05, 0) is 37.8 Å². The molecule has 0 aromatic heterocycles. The molecule has 1 saturated heterocycles. The van der Waals surface area contributed by atoms with E-state index in [4.69, 9.17) is 9.47 Å². The number of hydrogen-bond donors (Lipinski definition) is 2. The number of amides is 3. The topological polar surface area (TPSA) is 93.7 Å². The van der Waals surface area contributed by atoms with Gasteiger partial charge in [0.1, 0.15) is 5.92 Å². The Balaban J connectivity index is 1.72. The van der Waals surface area contributed by atoms with Gasteiger partial charge in [0.15, 0.2) is 11.5 Å². The summed E-state index contributed by atoms with van der Waals surface area (Å²) in [5.41, 5.74) is 0.501. The minimum Gasteiger partial charge on any atom is -0.493 e. The summed E-state index contributed by atoms with van der Waals surface area (Å²) in [4.78, 5) is 35.0. The van der Waals surface area contributed by atoms with Gasteiger partial charge in [0.25, 0.3) is 0 Å².